The van der Waals surface area contributed by atoms with Crippen molar-refractivity contribution >= 4 is 17.8 Å². The average molecular weight is 504 g/mol. The van der Waals surface area contributed by atoms with Crippen LogP contribution >= 0.6 is 0 Å². The Morgan fingerprint density at radius 2 is 1.97 bits per heavy atom. The summed E-state index contributed by atoms with van der Waals surface area (Å²) in [6.45, 7) is 4.50. The van der Waals surface area contributed by atoms with Crippen LogP contribution in [-0.2, 0) is 11.2 Å². The molecular weight excluding hydrogens is 470 g/mol. The first-order valence-corrected chi connectivity index (χ1v) is 13.2. The predicted molar refractivity (Wildman–Crippen MR) is 137 cm³/mol. The number of carbonyl (C=O) groups is 2. The van der Waals surface area contributed by atoms with Gasteiger partial charge in [0.25, 0.3) is 5.91 Å². The van der Waals surface area contributed by atoms with Crippen LogP contribution in [0.1, 0.15) is 91.6 Å². The van der Waals surface area contributed by atoms with E-state index in [4.69, 9.17) is 20.2 Å². The Balaban J connectivity index is 1.41. The van der Waals surface area contributed by atoms with Crippen molar-refractivity contribution < 1.29 is 19.1 Å². The molecule has 6 heterocycles. The summed E-state index contributed by atoms with van der Waals surface area (Å²) in [5.74, 6) is 1.29. The highest BCUT2D eigenvalue weighted by molar-refractivity contribution is 5.99. The fraction of sp³-hybridized carbons (Fsp3) is 0.500. The molecule has 3 N–H and O–H groups in total. The number of benzene rings is 1. The molecule has 0 saturated heterocycles. The minimum atomic E-state index is -0.421. The Bertz CT molecular complexity index is 1290. The highest BCUT2D eigenvalue weighted by Crippen LogP contribution is 2.41. The maximum atomic E-state index is 13.5. The van der Waals surface area contributed by atoms with E-state index in [1.807, 2.05) is 19.9 Å². The standard InChI is InChI=1S/C28H33N5O4/c1-28(2)14-21-18-11-16(7-8-23(18)37-28)5-3-4-6-17-12-25(34)33(27(29)31-17)22-9-10-36-24-15-30-20(13-19(22)24)26(35)32-21/h7-8,11,13,15,17,21-22H,3-6,9-10,12,14H2,1-2H3,(H2,29,31)(H,32,35)/t17?,21?,22-/m1/s1. The second-order valence-corrected chi connectivity index (χ2v) is 11.1. The Morgan fingerprint density at radius 3 is 2.81 bits per heavy atom. The Morgan fingerprint density at radius 1 is 1.11 bits per heavy atom. The number of pyridine rings is 1. The smallest absolute Gasteiger partial charge is 0.270 e. The highest BCUT2D eigenvalue weighted by atomic mass is 16.5. The van der Waals surface area contributed by atoms with Gasteiger partial charge in [-0.3, -0.25) is 14.5 Å². The first-order valence-electron chi connectivity index (χ1n) is 13.2. The van der Waals surface area contributed by atoms with Crippen LogP contribution in [0.5, 0.6) is 11.5 Å². The van der Waals surface area contributed by atoms with Gasteiger partial charge >= 0.3 is 0 Å². The van der Waals surface area contributed by atoms with Crippen LogP contribution in [0.2, 0.25) is 0 Å². The van der Waals surface area contributed by atoms with Gasteiger partial charge in [0.1, 0.15) is 22.8 Å². The van der Waals surface area contributed by atoms with Crippen LogP contribution < -0.4 is 20.5 Å². The second kappa shape index (κ2) is 9.04. The number of aliphatic imine (C=N–C) groups is 1. The number of nitrogens with two attached hydrogens (primary N) is 1. The molecule has 5 aliphatic heterocycles. The topological polar surface area (TPSA) is 119 Å². The molecule has 0 aliphatic carbocycles. The van der Waals surface area contributed by atoms with Crippen molar-refractivity contribution in [1.29, 1.82) is 0 Å². The van der Waals surface area contributed by atoms with Gasteiger partial charge in [-0.05, 0) is 50.8 Å². The van der Waals surface area contributed by atoms with Gasteiger partial charge in [0.15, 0.2) is 5.96 Å². The SMILES string of the molecule is CC1(C)CC2NC(=O)c3cc4c(cn3)OCC[C@H]4N3C(=O)CC(CCCCc4ccc(c2c4)O1)N=C3N. The number of amides is 2. The lowest BCUT2D eigenvalue weighted by Gasteiger charge is -2.38. The summed E-state index contributed by atoms with van der Waals surface area (Å²) in [6.07, 6.45) is 6.75. The number of nitrogens with zero attached hydrogens (tertiary/aromatic N) is 3. The first kappa shape index (κ1) is 23.8. The van der Waals surface area contributed by atoms with E-state index in [0.29, 0.717) is 31.6 Å². The van der Waals surface area contributed by atoms with E-state index < -0.39 is 5.60 Å². The molecule has 9 heteroatoms. The van der Waals surface area contributed by atoms with E-state index in [-0.39, 0.29) is 41.6 Å². The average Bonchev–Trinajstić information content (AvgIpc) is 2.85. The van der Waals surface area contributed by atoms with Crippen molar-refractivity contribution in [2.75, 3.05) is 6.61 Å². The number of fused-ring (bicyclic) bond motifs is 5. The number of rotatable bonds is 0. The largest absolute Gasteiger partial charge is 0.492 e. The third kappa shape index (κ3) is 4.51. The monoisotopic (exact) mass is 503 g/mol. The van der Waals surface area contributed by atoms with Crippen LogP contribution in [-0.4, -0.2) is 45.9 Å². The molecule has 0 fully saturated rings. The van der Waals surface area contributed by atoms with Crippen LogP contribution in [0.25, 0.3) is 0 Å². The Labute approximate surface area is 216 Å². The number of hydrogen-bond donors (Lipinski definition) is 2. The molecule has 37 heavy (non-hydrogen) atoms. The van der Waals surface area contributed by atoms with E-state index in [1.165, 1.54) is 5.56 Å². The van der Waals surface area contributed by atoms with Crippen LogP contribution in [0.4, 0.5) is 0 Å². The minimum absolute atomic E-state index is 0.0380. The maximum Gasteiger partial charge on any atom is 0.270 e. The second-order valence-electron chi connectivity index (χ2n) is 11.1. The van der Waals surface area contributed by atoms with Crippen molar-refractivity contribution in [3.05, 3.63) is 52.8 Å². The third-order valence-electron chi connectivity index (χ3n) is 7.78. The molecule has 2 aromatic rings. The van der Waals surface area contributed by atoms with E-state index in [9.17, 15) is 9.59 Å². The lowest BCUT2D eigenvalue weighted by Crippen LogP contribution is -2.50. The van der Waals surface area contributed by atoms with E-state index in [0.717, 1.165) is 42.6 Å². The number of hydrogen-bond acceptors (Lipinski definition) is 7. The molecule has 5 aliphatic rings. The molecule has 3 atom stereocenters. The van der Waals surface area contributed by atoms with Gasteiger partial charge in [-0.1, -0.05) is 18.6 Å². The number of aryl methyl sites for hydroxylation is 1. The molecule has 0 radical (unpaired) electrons. The first-order chi connectivity index (χ1) is 17.8. The van der Waals surface area contributed by atoms with E-state index >= 15 is 0 Å². The highest BCUT2D eigenvalue weighted by Gasteiger charge is 2.38. The lowest BCUT2D eigenvalue weighted by atomic mass is 9.88. The van der Waals surface area contributed by atoms with Gasteiger partial charge in [0.2, 0.25) is 5.91 Å². The summed E-state index contributed by atoms with van der Waals surface area (Å²) in [5, 5.41) is 3.21. The van der Waals surface area contributed by atoms with E-state index in [2.05, 4.69) is 22.4 Å². The molecule has 1 aromatic carbocycles. The van der Waals surface area contributed by atoms with Crippen molar-refractivity contribution in [3.63, 3.8) is 0 Å². The normalized spacial score (nSPS) is 26.7. The summed E-state index contributed by atoms with van der Waals surface area (Å²) in [6, 6.07) is 7.33. The third-order valence-corrected chi connectivity index (χ3v) is 7.78. The minimum Gasteiger partial charge on any atom is -0.492 e. The summed E-state index contributed by atoms with van der Waals surface area (Å²) in [7, 11) is 0. The Hall–Kier alpha value is -3.62. The number of ether oxygens (including phenoxy) is 2. The fourth-order valence-electron chi connectivity index (χ4n) is 6.02. The summed E-state index contributed by atoms with van der Waals surface area (Å²) >= 11 is 0. The van der Waals surface area contributed by atoms with E-state index in [1.54, 1.807) is 17.2 Å². The molecule has 1 aromatic heterocycles. The molecule has 2 amide bonds. The molecule has 194 valence electrons. The van der Waals surface area contributed by atoms with Gasteiger partial charge in [-0.2, -0.15) is 0 Å². The Kier molecular flexibility index (Phi) is 5.81. The zero-order chi connectivity index (χ0) is 25.7. The number of guanidine groups is 1. The molecule has 0 saturated carbocycles. The van der Waals surface area contributed by atoms with Gasteiger partial charge in [0, 0.05) is 30.4 Å². The summed E-state index contributed by atoms with van der Waals surface area (Å²) < 4.78 is 12.1. The lowest BCUT2D eigenvalue weighted by molar-refractivity contribution is -0.130. The fourth-order valence-corrected chi connectivity index (χ4v) is 6.02. The van der Waals surface area contributed by atoms with Crippen LogP contribution in [0, 0.1) is 0 Å². The van der Waals surface area contributed by atoms with Crippen LogP contribution in [0.15, 0.2) is 35.5 Å². The van der Waals surface area contributed by atoms with Gasteiger partial charge in [-0.15, -0.1) is 0 Å². The van der Waals surface area contributed by atoms with Crippen molar-refractivity contribution in [3.8, 4) is 11.5 Å². The molecule has 0 spiro atoms. The summed E-state index contributed by atoms with van der Waals surface area (Å²) in [4.78, 5) is 37.4. The summed E-state index contributed by atoms with van der Waals surface area (Å²) in [5.41, 5.74) is 9.14. The molecule has 7 rings (SSSR count). The quantitative estimate of drug-likeness (QED) is 0.567. The maximum absolute atomic E-state index is 13.5. The zero-order valence-corrected chi connectivity index (χ0v) is 21.3. The molecular formula is C28H33N5O4. The predicted octanol–water partition coefficient (Wildman–Crippen LogP) is 3.58. The molecule has 9 nitrogen and oxygen atoms in total. The molecule has 2 unspecified atom stereocenters. The van der Waals surface area contributed by atoms with Crippen molar-refractivity contribution in [2.45, 2.75) is 82.5 Å². The number of carbonyl (C=O) groups excluding carboxylic acids is 2. The van der Waals surface area contributed by atoms with Crippen LogP contribution in [0.3, 0.4) is 0 Å². The van der Waals surface area contributed by atoms with Crippen molar-refractivity contribution in [1.82, 2.24) is 15.2 Å². The number of aromatic nitrogens is 1. The van der Waals surface area contributed by atoms with Gasteiger partial charge < -0.3 is 20.5 Å². The van der Waals surface area contributed by atoms with Gasteiger partial charge in [0.05, 0.1) is 30.9 Å². The number of nitrogens with one attached hydrogen (secondary N) is 1. The molecule has 6 bridgehead atoms. The van der Waals surface area contributed by atoms with Gasteiger partial charge in [-0.25, -0.2) is 9.98 Å². The zero-order valence-electron chi connectivity index (χ0n) is 21.3. The van der Waals surface area contributed by atoms with Crippen molar-refractivity contribution in [2.24, 2.45) is 10.7 Å².